The Morgan fingerprint density at radius 2 is 1.84 bits per heavy atom. The average Bonchev–Trinajstić information content (AvgIpc) is 3.42. The molecule has 1 amide bonds. The van der Waals surface area contributed by atoms with Gasteiger partial charge in [0.05, 0.1) is 5.54 Å². The predicted octanol–water partition coefficient (Wildman–Crippen LogP) is 5.80. The molecule has 3 atom stereocenters. The van der Waals surface area contributed by atoms with Gasteiger partial charge in [0, 0.05) is 41.5 Å². The van der Waals surface area contributed by atoms with E-state index in [9.17, 15) is 4.79 Å². The molecule has 4 nitrogen and oxygen atoms in total. The van der Waals surface area contributed by atoms with Crippen LogP contribution in [0.3, 0.4) is 0 Å². The van der Waals surface area contributed by atoms with Crippen LogP contribution in [0, 0.1) is 6.92 Å². The lowest BCUT2D eigenvalue weighted by Gasteiger charge is -2.35. The van der Waals surface area contributed by atoms with Gasteiger partial charge in [0.25, 0.3) is 0 Å². The number of hydrogen-bond donors (Lipinski definition) is 0. The van der Waals surface area contributed by atoms with E-state index < -0.39 is 5.54 Å². The van der Waals surface area contributed by atoms with Crippen molar-refractivity contribution in [1.82, 2.24) is 14.5 Å². The molecule has 0 N–H and O–H groups in total. The number of amides is 1. The summed E-state index contributed by atoms with van der Waals surface area (Å²) in [6.07, 6.45) is 7.25. The minimum atomic E-state index is -0.471. The smallest absolute Gasteiger partial charge is 0.223 e. The molecule has 0 aliphatic carbocycles. The molecule has 0 radical (unpaired) electrons. The van der Waals surface area contributed by atoms with Crippen LogP contribution in [0.1, 0.15) is 56.2 Å². The van der Waals surface area contributed by atoms with E-state index in [0.717, 1.165) is 29.8 Å². The van der Waals surface area contributed by atoms with Crippen LogP contribution in [-0.4, -0.2) is 32.4 Å². The van der Waals surface area contributed by atoms with Crippen molar-refractivity contribution in [1.29, 1.82) is 0 Å². The molecule has 5 heteroatoms. The lowest BCUT2D eigenvalue weighted by atomic mass is 9.78. The van der Waals surface area contributed by atoms with Crippen molar-refractivity contribution < 1.29 is 4.79 Å². The van der Waals surface area contributed by atoms with E-state index in [1.165, 1.54) is 11.1 Å². The standard InChI is InChI=1S/C26H28ClN3O/c1-17-4-11-23-22(16-17)25-28-14-15-29(25)26(23,20-7-9-21(27)10-8-20)13-12-24(31)30-18(2)5-6-19(30)3/h4,7-11,14-16,18-19H,5-6,12-13H2,1-3H3. The number of nitrogens with zero attached hydrogens (tertiary/aromatic N) is 3. The quantitative estimate of drug-likeness (QED) is 0.521. The van der Waals surface area contributed by atoms with Crippen molar-refractivity contribution in [3.05, 3.63) is 76.6 Å². The summed E-state index contributed by atoms with van der Waals surface area (Å²) < 4.78 is 2.25. The molecule has 160 valence electrons. The first-order valence-electron chi connectivity index (χ1n) is 11.1. The molecule has 0 spiro atoms. The fourth-order valence-corrected chi connectivity index (χ4v) is 5.79. The molecule has 3 unspecified atom stereocenters. The Balaban J connectivity index is 1.61. The first kappa shape index (κ1) is 20.3. The largest absolute Gasteiger partial charge is 0.337 e. The summed E-state index contributed by atoms with van der Waals surface area (Å²) in [5, 5.41) is 0.711. The molecule has 2 aromatic carbocycles. The third-order valence-electron chi connectivity index (χ3n) is 7.18. The third kappa shape index (κ3) is 3.11. The molecule has 5 rings (SSSR count). The Labute approximate surface area is 188 Å². The van der Waals surface area contributed by atoms with Crippen LogP contribution in [0.15, 0.2) is 54.9 Å². The minimum Gasteiger partial charge on any atom is -0.337 e. The van der Waals surface area contributed by atoms with Crippen molar-refractivity contribution >= 4 is 17.5 Å². The van der Waals surface area contributed by atoms with E-state index in [0.29, 0.717) is 29.9 Å². The number of aromatic nitrogens is 2. The van der Waals surface area contributed by atoms with Crippen LogP contribution >= 0.6 is 11.6 Å². The highest BCUT2D eigenvalue weighted by molar-refractivity contribution is 6.30. The molecule has 3 aromatic rings. The maximum atomic E-state index is 13.3. The number of likely N-dealkylation sites (tertiary alicyclic amines) is 1. The van der Waals surface area contributed by atoms with Gasteiger partial charge in [0.15, 0.2) is 0 Å². The van der Waals surface area contributed by atoms with Crippen molar-refractivity contribution in [2.75, 3.05) is 0 Å². The van der Waals surface area contributed by atoms with Gasteiger partial charge in [-0.1, -0.05) is 41.4 Å². The Hall–Kier alpha value is -2.59. The Morgan fingerprint density at radius 3 is 2.55 bits per heavy atom. The third-order valence-corrected chi connectivity index (χ3v) is 7.43. The second-order valence-electron chi connectivity index (χ2n) is 9.11. The summed E-state index contributed by atoms with van der Waals surface area (Å²) in [6.45, 7) is 6.44. The molecular formula is C26H28ClN3O. The molecule has 0 bridgehead atoms. The number of hydrogen-bond acceptors (Lipinski definition) is 2. The number of carbonyl (C=O) groups excluding carboxylic acids is 1. The molecule has 1 aromatic heterocycles. The van der Waals surface area contributed by atoms with Gasteiger partial charge in [-0.05, 0) is 69.4 Å². The first-order valence-corrected chi connectivity index (χ1v) is 11.5. The molecular weight excluding hydrogens is 406 g/mol. The zero-order valence-corrected chi connectivity index (χ0v) is 19.1. The van der Waals surface area contributed by atoms with E-state index in [4.69, 9.17) is 11.6 Å². The fourth-order valence-electron chi connectivity index (χ4n) is 5.67. The van der Waals surface area contributed by atoms with E-state index in [2.05, 4.69) is 65.6 Å². The number of rotatable bonds is 4. The first-order chi connectivity index (χ1) is 14.9. The summed E-state index contributed by atoms with van der Waals surface area (Å²) in [5.74, 6) is 1.21. The van der Waals surface area contributed by atoms with Gasteiger partial charge in [0.1, 0.15) is 5.82 Å². The van der Waals surface area contributed by atoms with Gasteiger partial charge in [-0.15, -0.1) is 0 Å². The van der Waals surface area contributed by atoms with Crippen LogP contribution in [0.4, 0.5) is 0 Å². The lowest BCUT2D eigenvalue weighted by Crippen LogP contribution is -2.40. The van der Waals surface area contributed by atoms with Crippen LogP contribution in [0.5, 0.6) is 0 Å². The summed E-state index contributed by atoms with van der Waals surface area (Å²) >= 11 is 6.23. The summed E-state index contributed by atoms with van der Waals surface area (Å²) in [7, 11) is 0. The summed E-state index contributed by atoms with van der Waals surface area (Å²) in [4.78, 5) is 20.1. The lowest BCUT2D eigenvalue weighted by molar-refractivity contribution is -0.133. The van der Waals surface area contributed by atoms with E-state index in [1.54, 1.807) is 0 Å². The highest BCUT2D eigenvalue weighted by atomic mass is 35.5. The van der Waals surface area contributed by atoms with Gasteiger partial charge in [0.2, 0.25) is 5.91 Å². The molecule has 3 heterocycles. The normalized spacial score (nSPS) is 24.3. The Morgan fingerprint density at radius 1 is 1.13 bits per heavy atom. The molecule has 1 fully saturated rings. The molecule has 2 aliphatic rings. The number of benzene rings is 2. The van der Waals surface area contributed by atoms with Crippen molar-refractivity contribution in [3.8, 4) is 11.4 Å². The second-order valence-corrected chi connectivity index (χ2v) is 9.55. The van der Waals surface area contributed by atoms with E-state index in [-0.39, 0.29) is 5.91 Å². The Kier molecular flexibility index (Phi) is 4.93. The molecule has 2 aliphatic heterocycles. The van der Waals surface area contributed by atoms with Crippen molar-refractivity contribution in [2.24, 2.45) is 0 Å². The monoisotopic (exact) mass is 433 g/mol. The summed E-state index contributed by atoms with van der Waals surface area (Å²) in [6, 6.07) is 15.3. The number of fused-ring (bicyclic) bond motifs is 3. The van der Waals surface area contributed by atoms with Gasteiger partial charge >= 0.3 is 0 Å². The maximum absolute atomic E-state index is 13.3. The number of aryl methyl sites for hydroxylation is 1. The maximum Gasteiger partial charge on any atom is 0.223 e. The highest BCUT2D eigenvalue weighted by Crippen LogP contribution is 2.50. The summed E-state index contributed by atoms with van der Waals surface area (Å²) in [5.41, 5.74) is 4.22. The van der Waals surface area contributed by atoms with Gasteiger partial charge < -0.3 is 9.47 Å². The van der Waals surface area contributed by atoms with Crippen LogP contribution in [-0.2, 0) is 10.3 Å². The molecule has 31 heavy (non-hydrogen) atoms. The number of carbonyl (C=O) groups is 1. The fraction of sp³-hybridized carbons (Fsp3) is 0.385. The number of halogens is 1. The van der Waals surface area contributed by atoms with E-state index >= 15 is 0 Å². The Bertz CT molecular complexity index is 1130. The van der Waals surface area contributed by atoms with Gasteiger partial charge in [-0.2, -0.15) is 0 Å². The van der Waals surface area contributed by atoms with Crippen molar-refractivity contribution in [3.63, 3.8) is 0 Å². The minimum absolute atomic E-state index is 0.244. The SMILES string of the molecule is Cc1ccc2c(c1)-c1nccn1C2(CCC(=O)N1C(C)CCC1C)c1ccc(Cl)cc1. The second kappa shape index (κ2) is 7.52. The van der Waals surface area contributed by atoms with Gasteiger partial charge in [-0.25, -0.2) is 4.98 Å². The highest BCUT2D eigenvalue weighted by Gasteiger charge is 2.45. The molecule has 0 saturated carbocycles. The van der Waals surface area contributed by atoms with Gasteiger partial charge in [-0.3, -0.25) is 4.79 Å². The predicted molar refractivity (Wildman–Crippen MR) is 124 cm³/mol. The van der Waals surface area contributed by atoms with Crippen LogP contribution in [0.2, 0.25) is 5.02 Å². The van der Waals surface area contributed by atoms with E-state index in [1.807, 2.05) is 24.5 Å². The number of imidazole rings is 1. The van der Waals surface area contributed by atoms with Crippen LogP contribution in [0.25, 0.3) is 11.4 Å². The van der Waals surface area contributed by atoms with Crippen LogP contribution < -0.4 is 0 Å². The average molecular weight is 434 g/mol. The topological polar surface area (TPSA) is 38.1 Å². The van der Waals surface area contributed by atoms with Crippen molar-refractivity contribution in [2.45, 2.75) is 64.1 Å². The zero-order valence-electron chi connectivity index (χ0n) is 18.3. The molecule has 1 saturated heterocycles. The zero-order chi connectivity index (χ0) is 21.8.